The van der Waals surface area contributed by atoms with E-state index in [4.69, 9.17) is 0 Å². The van der Waals surface area contributed by atoms with E-state index in [0.29, 0.717) is 16.7 Å². The van der Waals surface area contributed by atoms with Gasteiger partial charge in [0.15, 0.2) is 0 Å². The average Bonchev–Trinajstić information content (AvgIpc) is 2.53. The molecule has 0 spiro atoms. The van der Waals surface area contributed by atoms with E-state index >= 15 is 0 Å². The largest absolute Gasteiger partial charge is 0.394 e. The van der Waals surface area contributed by atoms with Crippen molar-refractivity contribution in [2.45, 2.75) is 25.9 Å². The summed E-state index contributed by atoms with van der Waals surface area (Å²) in [6.45, 7) is 4.13. The molecule has 21 heavy (non-hydrogen) atoms. The van der Waals surface area contributed by atoms with Gasteiger partial charge in [0, 0.05) is 6.54 Å². The molecule has 2 rings (SSSR count). The minimum atomic E-state index is -0.698. The van der Waals surface area contributed by atoms with E-state index in [2.05, 4.69) is 26.3 Å². The molecule has 0 saturated heterocycles. The summed E-state index contributed by atoms with van der Waals surface area (Å²) in [6, 6.07) is 9.59. The summed E-state index contributed by atoms with van der Waals surface area (Å²) in [7, 11) is 0. The van der Waals surface area contributed by atoms with Gasteiger partial charge in [-0.15, -0.1) is 0 Å². The van der Waals surface area contributed by atoms with Crippen molar-refractivity contribution in [2.75, 3.05) is 11.9 Å². The smallest absolute Gasteiger partial charge is 0.283 e. The number of halogens is 1. The Morgan fingerprint density at radius 2 is 2.05 bits per heavy atom. The molecule has 0 amide bonds. The lowest BCUT2D eigenvalue weighted by Crippen LogP contribution is -2.37. The van der Waals surface area contributed by atoms with E-state index in [0.717, 1.165) is 5.56 Å². The molecule has 0 aliphatic heterocycles. The van der Waals surface area contributed by atoms with Crippen LogP contribution in [0.1, 0.15) is 19.4 Å². The van der Waals surface area contributed by atoms with Crippen LogP contribution in [0.4, 0.5) is 5.69 Å². The van der Waals surface area contributed by atoms with Gasteiger partial charge in [-0.3, -0.25) is 4.79 Å². The van der Waals surface area contributed by atoms with E-state index in [-0.39, 0.29) is 12.2 Å². The zero-order chi connectivity index (χ0) is 15.5. The van der Waals surface area contributed by atoms with Gasteiger partial charge in [0.05, 0.1) is 24.0 Å². The highest BCUT2D eigenvalue weighted by Gasteiger charge is 2.26. The minimum absolute atomic E-state index is 0.111. The standard InChI is InChI=1S/C15H18BrN3O2/c1-3-19-14(21)13(16)12(9-17-19)18-15(2,10-20)11-7-5-4-6-8-11/h4-9,18,20H,3,10H2,1-2H3. The van der Waals surface area contributed by atoms with Crippen molar-refractivity contribution in [1.82, 2.24) is 9.78 Å². The minimum Gasteiger partial charge on any atom is -0.394 e. The Labute approximate surface area is 131 Å². The molecule has 0 aliphatic rings. The lowest BCUT2D eigenvalue weighted by Gasteiger charge is -2.30. The molecule has 1 aromatic heterocycles. The second kappa shape index (κ2) is 6.41. The van der Waals surface area contributed by atoms with Crippen LogP contribution in [0.15, 0.2) is 45.8 Å². The van der Waals surface area contributed by atoms with Crippen LogP contribution in [-0.2, 0) is 12.1 Å². The lowest BCUT2D eigenvalue weighted by molar-refractivity contribution is 0.224. The van der Waals surface area contributed by atoms with Gasteiger partial charge in [0.25, 0.3) is 5.56 Å². The van der Waals surface area contributed by atoms with Gasteiger partial charge in [-0.1, -0.05) is 30.3 Å². The van der Waals surface area contributed by atoms with Crippen LogP contribution in [0, 0.1) is 0 Å². The topological polar surface area (TPSA) is 67.2 Å². The fraction of sp³-hybridized carbons (Fsp3) is 0.333. The number of anilines is 1. The molecule has 5 nitrogen and oxygen atoms in total. The van der Waals surface area contributed by atoms with E-state index in [1.807, 2.05) is 44.2 Å². The fourth-order valence-electron chi connectivity index (χ4n) is 2.08. The van der Waals surface area contributed by atoms with Gasteiger partial charge < -0.3 is 10.4 Å². The summed E-state index contributed by atoms with van der Waals surface area (Å²) in [4.78, 5) is 12.1. The van der Waals surface area contributed by atoms with Crippen molar-refractivity contribution < 1.29 is 5.11 Å². The number of benzene rings is 1. The molecule has 112 valence electrons. The van der Waals surface area contributed by atoms with Gasteiger partial charge in [-0.25, -0.2) is 4.68 Å². The molecule has 1 heterocycles. The zero-order valence-corrected chi connectivity index (χ0v) is 13.6. The highest BCUT2D eigenvalue weighted by Crippen LogP contribution is 2.28. The van der Waals surface area contributed by atoms with Crippen LogP contribution in [0.3, 0.4) is 0 Å². The van der Waals surface area contributed by atoms with E-state index in [9.17, 15) is 9.90 Å². The molecule has 2 N–H and O–H groups in total. The third-order valence-electron chi connectivity index (χ3n) is 3.42. The summed E-state index contributed by atoms with van der Waals surface area (Å²) in [5.41, 5.74) is 0.594. The maximum atomic E-state index is 12.1. The van der Waals surface area contributed by atoms with Crippen LogP contribution < -0.4 is 10.9 Å². The zero-order valence-electron chi connectivity index (χ0n) is 12.0. The second-order valence-corrected chi connectivity index (χ2v) is 5.77. The number of hydrogen-bond acceptors (Lipinski definition) is 4. The van der Waals surface area contributed by atoms with Gasteiger partial charge in [0.2, 0.25) is 0 Å². The monoisotopic (exact) mass is 351 g/mol. The average molecular weight is 352 g/mol. The summed E-state index contributed by atoms with van der Waals surface area (Å²) in [5.74, 6) is 0. The highest BCUT2D eigenvalue weighted by atomic mass is 79.9. The van der Waals surface area contributed by atoms with Crippen LogP contribution in [0.5, 0.6) is 0 Å². The Balaban J connectivity index is 2.40. The first kappa shape index (κ1) is 15.7. The summed E-state index contributed by atoms with van der Waals surface area (Å²) >= 11 is 3.31. The highest BCUT2D eigenvalue weighted by molar-refractivity contribution is 9.10. The molecule has 0 bridgehead atoms. The molecule has 0 aliphatic carbocycles. The van der Waals surface area contributed by atoms with Gasteiger partial charge >= 0.3 is 0 Å². The second-order valence-electron chi connectivity index (χ2n) is 4.97. The summed E-state index contributed by atoms with van der Waals surface area (Å²) < 4.78 is 1.78. The first-order chi connectivity index (χ1) is 10.0. The van der Waals surface area contributed by atoms with Crippen molar-refractivity contribution in [3.8, 4) is 0 Å². The summed E-state index contributed by atoms with van der Waals surface area (Å²) in [6.07, 6.45) is 1.59. The van der Waals surface area contributed by atoms with E-state index in [1.165, 1.54) is 4.68 Å². The summed E-state index contributed by atoms with van der Waals surface area (Å²) in [5, 5.41) is 17.1. The maximum Gasteiger partial charge on any atom is 0.283 e. The third kappa shape index (κ3) is 3.16. The number of aliphatic hydroxyl groups is 1. The molecule has 6 heteroatoms. The fourth-order valence-corrected chi connectivity index (χ4v) is 2.49. The van der Waals surface area contributed by atoms with Crippen LogP contribution in [0.2, 0.25) is 0 Å². The maximum absolute atomic E-state index is 12.1. The lowest BCUT2D eigenvalue weighted by atomic mass is 9.92. The Hall–Kier alpha value is -1.66. The van der Waals surface area contributed by atoms with Crippen LogP contribution in [0.25, 0.3) is 0 Å². The number of aromatic nitrogens is 2. The molecule has 1 atom stereocenters. The molecular formula is C15H18BrN3O2. The number of hydrogen-bond donors (Lipinski definition) is 2. The third-order valence-corrected chi connectivity index (χ3v) is 4.19. The first-order valence-electron chi connectivity index (χ1n) is 6.72. The number of aryl methyl sites for hydroxylation is 1. The first-order valence-corrected chi connectivity index (χ1v) is 7.51. The van der Waals surface area contributed by atoms with Crippen LogP contribution in [-0.4, -0.2) is 21.5 Å². The Kier molecular flexibility index (Phi) is 4.80. The van der Waals surface area contributed by atoms with Crippen molar-refractivity contribution in [3.05, 3.63) is 56.9 Å². The Bertz CT molecular complexity index is 672. The number of nitrogens with zero attached hydrogens (tertiary/aromatic N) is 2. The van der Waals surface area contributed by atoms with Gasteiger partial charge in [-0.05, 0) is 35.3 Å². The number of rotatable bonds is 5. The van der Waals surface area contributed by atoms with Gasteiger partial charge in [-0.2, -0.15) is 5.10 Å². The molecule has 0 saturated carbocycles. The predicted molar refractivity (Wildman–Crippen MR) is 86.4 cm³/mol. The molecule has 1 unspecified atom stereocenters. The molecule has 1 aromatic carbocycles. The molecule has 0 fully saturated rings. The Morgan fingerprint density at radius 1 is 1.38 bits per heavy atom. The molecule has 0 radical (unpaired) electrons. The Morgan fingerprint density at radius 3 is 2.62 bits per heavy atom. The van der Waals surface area contributed by atoms with Crippen molar-refractivity contribution in [1.29, 1.82) is 0 Å². The van der Waals surface area contributed by atoms with Crippen molar-refractivity contribution in [2.24, 2.45) is 0 Å². The predicted octanol–water partition coefficient (Wildman–Crippen LogP) is 2.35. The quantitative estimate of drug-likeness (QED) is 0.867. The normalized spacial score (nSPS) is 13.7. The van der Waals surface area contributed by atoms with E-state index in [1.54, 1.807) is 6.20 Å². The van der Waals surface area contributed by atoms with E-state index < -0.39 is 5.54 Å². The van der Waals surface area contributed by atoms with Crippen molar-refractivity contribution >= 4 is 21.6 Å². The van der Waals surface area contributed by atoms with Crippen molar-refractivity contribution in [3.63, 3.8) is 0 Å². The number of nitrogens with one attached hydrogen (secondary N) is 1. The number of aliphatic hydroxyl groups excluding tert-OH is 1. The molecule has 2 aromatic rings. The SMILES string of the molecule is CCn1ncc(NC(C)(CO)c2ccccc2)c(Br)c1=O. The van der Waals surface area contributed by atoms with Gasteiger partial charge in [0.1, 0.15) is 4.47 Å². The molecular weight excluding hydrogens is 334 g/mol. The van der Waals surface area contributed by atoms with Crippen LogP contribution >= 0.6 is 15.9 Å².